The van der Waals surface area contributed by atoms with Gasteiger partial charge in [-0.25, -0.2) is 0 Å². The van der Waals surface area contributed by atoms with Crippen LogP contribution in [0.3, 0.4) is 0 Å². The molecule has 1 radical (unpaired) electrons. The number of ether oxygens (including phenoxy) is 2. The molecule has 0 bridgehead atoms. The summed E-state index contributed by atoms with van der Waals surface area (Å²) >= 11 is 0. The van der Waals surface area contributed by atoms with Gasteiger partial charge >= 0.3 is 0 Å². The van der Waals surface area contributed by atoms with Crippen molar-refractivity contribution in [2.45, 2.75) is 57.7 Å². The maximum absolute atomic E-state index is 5.83. The smallest absolute Gasteiger partial charge is 0.158 e. The first-order valence-electron chi connectivity index (χ1n) is 5.58. The summed E-state index contributed by atoms with van der Waals surface area (Å²) in [5.74, 6) is 0. The predicted octanol–water partition coefficient (Wildman–Crippen LogP) is 3.03. The van der Waals surface area contributed by atoms with E-state index >= 15 is 0 Å². The van der Waals surface area contributed by atoms with Gasteiger partial charge in [0.1, 0.15) is 6.10 Å². The minimum absolute atomic E-state index is 0.0850. The fourth-order valence-electron chi connectivity index (χ4n) is 2.05. The molecule has 0 aromatic heterocycles. The molecule has 0 aromatic carbocycles. The molecule has 0 N–H and O–H groups in total. The Morgan fingerprint density at radius 2 is 1.85 bits per heavy atom. The average molecular weight is 183 g/mol. The Kier molecular flexibility index (Phi) is 3.62. The van der Waals surface area contributed by atoms with Crippen LogP contribution in [0.25, 0.3) is 0 Å². The third-order valence-corrected chi connectivity index (χ3v) is 2.85. The molecule has 1 unspecified atom stereocenters. The van der Waals surface area contributed by atoms with E-state index in [0.717, 1.165) is 13.0 Å². The largest absolute Gasteiger partial charge is 0.353 e. The summed E-state index contributed by atoms with van der Waals surface area (Å²) in [6, 6.07) is 0. The van der Waals surface area contributed by atoms with Crippen LogP contribution in [-0.2, 0) is 9.47 Å². The van der Waals surface area contributed by atoms with Gasteiger partial charge in [-0.15, -0.1) is 0 Å². The Hall–Kier alpha value is -0.0800. The normalized spacial score (nSPS) is 31.8. The summed E-state index contributed by atoms with van der Waals surface area (Å²) in [5, 5.41) is 0. The number of hydrogen-bond acceptors (Lipinski definition) is 2. The molecular weight excluding hydrogens is 164 g/mol. The SMILES string of the molecule is C1CC[C](OC2CCCCO2)CC1. The van der Waals surface area contributed by atoms with E-state index in [1.165, 1.54) is 51.0 Å². The molecule has 0 spiro atoms. The van der Waals surface area contributed by atoms with Gasteiger partial charge in [-0.2, -0.15) is 0 Å². The molecule has 1 saturated heterocycles. The molecule has 1 aliphatic carbocycles. The highest BCUT2D eigenvalue weighted by molar-refractivity contribution is 4.83. The maximum atomic E-state index is 5.83. The quantitative estimate of drug-likeness (QED) is 0.655. The molecule has 1 aliphatic heterocycles. The third kappa shape index (κ3) is 2.96. The second-order valence-corrected chi connectivity index (χ2v) is 4.01. The molecule has 2 heteroatoms. The van der Waals surface area contributed by atoms with Crippen LogP contribution in [0.2, 0.25) is 0 Å². The van der Waals surface area contributed by atoms with Gasteiger partial charge in [-0.3, -0.25) is 0 Å². The Morgan fingerprint density at radius 3 is 2.54 bits per heavy atom. The lowest BCUT2D eigenvalue weighted by Crippen LogP contribution is -2.25. The summed E-state index contributed by atoms with van der Waals surface area (Å²) in [5.41, 5.74) is 0. The topological polar surface area (TPSA) is 18.5 Å². The van der Waals surface area contributed by atoms with E-state index in [1.54, 1.807) is 0 Å². The van der Waals surface area contributed by atoms with Gasteiger partial charge in [-0.05, 0) is 32.1 Å². The lowest BCUT2D eigenvalue weighted by atomic mass is 9.98. The van der Waals surface area contributed by atoms with Gasteiger partial charge in [0.15, 0.2) is 6.29 Å². The van der Waals surface area contributed by atoms with Gasteiger partial charge in [0.2, 0.25) is 0 Å². The summed E-state index contributed by atoms with van der Waals surface area (Å²) in [4.78, 5) is 0. The second kappa shape index (κ2) is 4.97. The van der Waals surface area contributed by atoms with Crippen molar-refractivity contribution in [1.29, 1.82) is 0 Å². The van der Waals surface area contributed by atoms with Crippen LogP contribution < -0.4 is 0 Å². The molecule has 1 heterocycles. The minimum Gasteiger partial charge on any atom is -0.353 e. The van der Waals surface area contributed by atoms with E-state index in [-0.39, 0.29) is 6.29 Å². The molecule has 2 rings (SSSR count). The van der Waals surface area contributed by atoms with Gasteiger partial charge in [0.05, 0.1) is 0 Å². The average Bonchev–Trinajstić information content (AvgIpc) is 2.21. The van der Waals surface area contributed by atoms with Crippen molar-refractivity contribution >= 4 is 0 Å². The van der Waals surface area contributed by atoms with E-state index in [9.17, 15) is 0 Å². The van der Waals surface area contributed by atoms with Crippen molar-refractivity contribution in [1.82, 2.24) is 0 Å². The Labute approximate surface area is 80.6 Å². The van der Waals surface area contributed by atoms with Gasteiger partial charge < -0.3 is 9.47 Å². The minimum atomic E-state index is 0.0850. The first-order chi connectivity index (χ1) is 6.45. The first kappa shape index (κ1) is 9.47. The summed E-state index contributed by atoms with van der Waals surface area (Å²) in [7, 11) is 0. The fourth-order valence-corrected chi connectivity index (χ4v) is 2.05. The second-order valence-electron chi connectivity index (χ2n) is 4.01. The van der Waals surface area contributed by atoms with Crippen molar-refractivity contribution in [3.8, 4) is 0 Å². The zero-order valence-electron chi connectivity index (χ0n) is 8.26. The maximum Gasteiger partial charge on any atom is 0.158 e. The zero-order chi connectivity index (χ0) is 8.93. The van der Waals surface area contributed by atoms with Crippen LogP contribution in [0.1, 0.15) is 51.4 Å². The fraction of sp³-hybridized carbons (Fsp3) is 0.909. The monoisotopic (exact) mass is 183 g/mol. The number of rotatable bonds is 2. The Morgan fingerprint density at radius 1 is 1.00 bits per heavy atom. The molecular formula is C11H19O2. The van der Waals surface area contributed by atoms with Crippen molar-refractivity contribution in [3.63, 3.8) is 0 Å². The van der Waals surface area contributed by atoms with Crippen molar-refractivity contribution in [3.05, 3.63) is 6.10 Å². The van der Waals surface area contributed by atoms with Gasteiger partial charge in [0.25, 0.3) is 0 Å². The predicted molar refractivity (Wildman–Crippen MR) is 51.0 cm³/mol. The molecule has 1 atom stereocenters. The van der Waals surface area contributed by atoms with E-state index in [1.807, 2.05) is 0 Å². The highest BCUT2D eigenvalue weighted by Gasteiger charge is 2.21. The molecule has 75 valence electrons. The first-order valence-corrected chi connectivity index (χ1v) is 5.58. The molecule has 1 saturated carbocycles. The van der Waals surface area contributed by atoms with Crippen molar-refractivity contribution in [2.24, 2.45) is 0 Å². The molecule has 0 amide bonds. The van der Waals surface area contributed by atoms with Crippen LogP contribution >= 0.6 is 0 Å². The summed E-state index contributed by atoms with van der Waals surface area (Å²) in [6.07, 6.45) is 11.2. The summed E-state index contributed by atoms with van der Waals surface area (Å²) < 4.78 is 11.4. The van der Waals surface area contributed by atoms with Gasteiger partial charge in [-0.1, -0.05) is 19.3 Å². The van der Waals surface area contributed by atoms with E-state index in [4.69, 9.17) is 9.47 Å². The van der Waals surface area contributed by atoms with Crippen LogP contribution in [-0.4, -0.2) is 12.9 Å². The van der Waals surface area contributed by atoms with E-state index < -0.39 is 0 Å². The lowest BCUT2D eigenvalue weighted by molar-refractivity contribution is -0.162. The van der Waals surface area contributed by atoms with Crippen LogP contribution in [0.4, 0.5) is 0 Å². The number of hydrogen-bond donors (Lipinski definition) is 0. The molecule has 2 fully saturated rings. The highest BCUT2D eigenvalue weighted by Crippen LogP contribution is 2.29. The standard InChI is InChI=1S/C11H19O2/c1-2-6-10(7-3-1)13-11-8-4-5-9-12-11/h11H,1-9H2. The molecule has 13 heavy (non-hydrogen) atoms. The Balaban J connectivity index is 1.69. The lowest BCUT2D eigenvalue weighted by Gasteiger charge is -2.28. The molecule has 2 aliphatic rings. The summed E-state index contributed by atoms with van der Waals surface area (Å²) in [6.45, 7) is 0.887. The third-order valence-electron chi connectivity index (χ3n) is 2.85. The van der Waals surface area contributed by atoms with Crippen LogP contribution in [0.5, 0.6) is 0 Å². The van der Waals surface area contributed by atoms with Crippen molar-refractivity contribution < 1.29 is 9.47 Å². The Bertz CT molecular complexity index is 119. The highest BCUT2D eigenvalue weighted by atomic mass is 16.7. The van der Waals surface area contributed by atoms with E-state index in [0.29, 0.717) is 0 Å². The molecule has 0 aromatic rings. The van der Waals surface area contributed by atoms with Crippen LogP contribution in [0.15, 0.2) is 0 Å². The van der Waals surface area contributed by atoms with E-state index in [2.05, 4.69) is 0 Å². The van der Waals surface area contributed by atoms with Crippen LogP contribution in [0, 0.1) is 6.10 Å². The van der Waals surface area contributed by atoms with Gasteiger partial charge in [0, 0.05) is 6.61 Å². The molecule has 2 nitrogen and oxygen atoms in total. The van der Waals surface area contributed by atoms with Crippen molar-refractivity contribution in [2.75, 3.05) is 6.61 Å². The zero-order valence-corrected chi connectivity index (χ0v) is 8.26.